The standard InChI is InChI=1S/C17H19ClN4OS/c1-12(2)17(3,11-19)21-15(23)10-24-16-20-7-8-22(16)14-6-4-5-13(18)9-14/h4-9,12H,10H2,1-3H3,(H,21,23). The third kappa shape index (κ3) is 4.31. The van der Waals surface area contributed by atoms with Crippen molar-refractivity contribution >= 4 is 29.3 Å². The fourth-order valence-electron chi connectivity index (χ4n) is 1.98. The van der Waals surface area contributed by atoms with Gasteiger partial charge in [-0.2, -0.15) is 5.26 Å². The van der Waals surface area contributed by atoms with Crippen molar-refractivity contribution in [2.45, 2.75) is 31.5 Å². The van der Waals surface area contributed by atoms with E-state index in [-0.39, 0.29) is 17.6 Å². The lowest BCUT2D eigenvalue weighted by atomic mass is 9.90. The Labute approximate surface area is 151 Å². The molecular weight excluding hydrogens is 344 g/mol. The van der Waals surface area contributed by atoms with E-state index in [0.29, 0.717) is 10.2 Å². The number of aromatic nitrogens is 2. The normalized spacial score (nSPS) is 13.3. The van der Waals surface area contributed by atoms with Crippen LogP contribution in [0.2, 0.25) is 5.02 Å². The number of halogens is 1. The largest absolute Gasteiger partial charge is 0.337 e. The lowest BCUT2D eigenvalue weighted by Crippen LogP contribution is -2.49. The van der Waals surface area contributed by atoms with E-state index in [1.54, 1.807) is 19.2 Å². The Morgan fingerprint density at radius 1 is 1.54 bits per heavy atom. The molecule has 24 heavy (non-hydrogen) atoms. The van der Waals surface area contributed by atoms with Crippen molar-refractivity contribution in [3.63, 3.8) is 0 Å². The van der Waals surface area contributed by atoms with Gasteiger partial charge in [0.2, 0.25) is 5.91 Å². The van der Waals surface area contributed by atoms with E-state index < -0.39 is 5.54 Å². The van der Waals surface area contributed by atoms with Gasteiger partial charge in [0.05, 0.1) is 11.8 Å². The second-order valence-electron chi connectivity index (χ2n) is 5.87. The Hall–Kier alpha value is -1.97. The molecule has 0 saturated carbocycles. The molecule has 1 unspecified atom stereocenters. The quantitative estimate of drug-likeness (QED) is 0.796. The van der Waals surface area contributed by atoms with Crippen LogP contribution >= 0.6 is 23.4 Å². The number of rotatable bonds is 6. The molecule has 126 valence electrons. The molecule has 1 amide bonds. The fraction of sp³-hybridized carbons (Fsp3) is 0.353. The minimum absolute atomic E-state index is 0.0184. The lowest BCUT2D eigenvalue weighted by Gasteiger charge is -2.27. The van der Waals surface area contributed by atoms with Gasteiger partial charge in [-0.3, -0.25) is 9.36 Å². The third-order valence-corrected chi connectivity index (χ3v) is 5.01. The monoisotopic (exact) mass is 362 g/mol. The van der Waals surface area contributed by atoms with Gasteiger partial charge in [-0.15, -0.1) is 0 Å². The summed E-state index contributed by atoms with van der Waals surface area (Å²) in [5.74, 6) is 0.00460. The second-order valence-corrected chi connectivity index (χ2v) is 7.24. The summed E-state index contributed by atoms with van der Waals surface area (Å²) < 4.78 is 1.87. The number of imidazole rings is 1. The number of nitrogens with one attached hydrogen (secondary N) is 1. The Kier molecular flexibility index (Phi) is 5.92. The second kappa shape index (κ2) is 7.73. The van der Waals surface area contributed by atoms with Crippen LogP contribution in [0.15, 0.2) is 41.8 Å². The highest BCUT2D eigenvalue weighted by Gasteiger charge is 2.29. The summed E-state index contributed by atoms with van der Waals surface area (Å²) in [6.07, 6.45) is 3.49. The van der Waals surface area contributed by atoms with Gasteiger partial charge >= 0.3 is 0 Å². The predicted octanol–water partition coefficient (Wildman–Crippen LogP) is 3.67. The summed E-state index contributed by atoms with van der Waals surface area (Å²) in [6.45, 7) is 5.54. The minimum atomic E-state index is -0.875. The summed E-state index contributed by atoms with van der Waals surface area (Å²) >= 11 is 7.34. The number of nitriles is 1. The zero-order valence-corrected chi connectivity index (χ0v) is 15.4. The van der Waals surface area contributed by atoms with Crippen molar-refractivity contribution < 1.29 is 4.79 Å². The zero-order chi connectivity index (χ0) is 17.7. The molecular formula is C17H19ClN4OS. The molecule has 1 atom stereocenters. The molecule has 0 aliphatic heterocycles. The van der Waals surface area contributed by atoms with Crippen molar-refractivity contribution in [1.29, 1.82) is 5.26 Å². The predicted molar refractivity (Wildman–Crippen MR) is 96.3 cm³/mol. The number of thioether (sulfide) groups is 1. The number of benzene rings is 1. The third-order valence-electron chi connectivity index (χ3n) is 3.81. The molecule has 0 aliphatic carbocycles. The van der Waals surface area contributed by atoms with E-state index >= 15 is 0 Å². The lowest BCUT2D eigenvalue weighted by molar-refractivity contribution is -0.120. The van der Waals surface area contributed by atoms with E-state index in [1.807, 2.05) is 42.8 Å². The van der Waals surface area contributed by atoms with E-state index in [2.05, 4.69) is 16.4 Å². The molecule has 2 aromatic rings. The van der Waals surface area contributed by atoms with E-state index in [9.17, 15) is 10.1 Å². The molecule has 0 saturated heterocycles. The first-order chi connectivity index (χ1) is 11.4. The van der Waals surface area contributed by atoms with Gasteiger partial charge in [0.1, 0.15) is 5.54 Å². The molecule has 0 aliphatic rings. The average molecular weight is 363 g/mol. The van der Waals surface area contributed by atoms with Crippen molar-refractivity contribution in [2.24, 2.45) is 5.92 Å². The van der Waals surface area contributed by atoms with Crippen LogP contribution in [0.1, 0.15) is 20.8 Å². The van der Waals surface area contributed by atoms with E-state index in [0.717, 1.165) is 5.69 Å². The first kappa shape index (κ1) is 18.4. The molecule has 7 heteroatoms. The smallest absolute Gasteiger partial charge is 0.231 e. The number of hydrogen-bond donors (Lipinski definition) is 1. The first-order valence-electron chi connectivity index (χ1n) is 7.50. The number of amides is 1. The maximum atomic E-state index is 12.2. The number of carbonyl (C=O) groups excluding carboxylic acids is 1. The van der Waals surface area contributed by atoms with E-state index in [4.69, 9.17) is 11.6 Å². The van der Waals surface area contributed by atoms with Gasteiger partial charge in [0, 0.05) is 23.1 Å². The molecule has 0 bridgehead atoms. The molecule has 1 aromatic carbocycles. The number of carbonyl (C=O) groups is 1. The average Bonchev–Trinajstić information content (AvgIpc) is 3.01. The van der Waals surface area contributed by atoms with Crippen molar-refractivity contribution in [2.75, 3.05) is 5.75 Å². The SMILES string of the molecule is CC(C)C(C)(C#N)NC(=O)CSc1nccn1-c1cccc(Cl)c1. The minimum Gasteiger partial charge on any atom is -0.337 e. The Morgan fingerprint density at radius 2 is 2.29 bits per heavy atom. The van der Waals surface area contributed by atoms with E-state index in [1.165, 1.54) is 11.8 Å². The summed E-state index contributed by atoms with van der Waals surface area (Å²) in [5, 5.41) is 13.4. The van der Waals surface area contributed by atoms with Gasteiger partial charge in [0.25, 0.3) is 0 Å². The Morgan fingerprint density at radius 3 is 2.92 bits per heavy atom. The first-order valence-corrected chi connectivity index (χ1v) is 8.86. The highest BCUT2D eigenvalue weighted by atomic mass is 35.5. The van der Waals surface area contributed by atoms with Crippen molar-refractivity contribution in [3.05, 3.63) is 41.7 Å². The van der Waals surface area contributed by atoms with Crippen LogP contribution < -0.4 is 5.32 Å². The van der Waals surface area contributed by atoms with Gasteiger partial charge < -0.3 is 5.32 Å². The van der Waals surface area contributed by atoms with Crippen LogP contribution in [0.5, 0.6) is 0 Å². The zero-order valence-electron chi connectivity index (χ0n) is 13.8. The topological polar surface area (TPSA) is 70.7 Å². The van der Waals surface area contributed by atoms with Gasteiger partial charge in [-0.05, 0) is 31.0 Å². The number of nitrogens with zero attached hydrogens (tertiary/aromatic N) is 3. The van der Waals surface area contributed by atoms with Crippen LogP contribution in [-0.2, 0) is 4.79 Å². The van der Waals surface area contributed by atoms with Crippen LogP contribution in [0.3, 0.4) is 0 Å². The fourth-order valence-corrected chi connectivity index (χ4v) is 2.93. The molecule has 0 spiro atoms. The molecule has 0 fully saturated rings. The number of hydrogen-bond acceptors (Lipinski definition) is 4. The van der Waals surface area contributed by atoms with Crippen LogP contribution in [0.4, 0.5) is 0 Å². The van der Waals surface area contributed by atoms with Crippen molar-refractivity contribution in [1.82, 2.24) is 14.9 Å². The highest BCUT2D eigenvalue weighted by molar-refractivity contribution is 7.99. The van der Waals surface area contributed by atoms with Gasteiger partial charge in [-0.25, -0.2) is 4.98 Å². The van der Waals surface area contributed by atoms with Crippen LogP contribution in [0, 0.1) is 17.2 Å². The Bertz CT molecular complexity index is 768. The molecule has 1 heterocycles. The summed E-state index contributed by atoms with van der Waals surface area (Å²) in [5.41, 5.74) is 0.00646. The van der Waals surface area contributed by atoms with Crippen molar-refractivity contribution in [3.8, 4) is 11.8 Å². The summed E-state index contributed by atoms with van der Waals surface area (Å²) in [7, 11) is 0. The summed E-state index contributed by atoms with van der Waals surface area (Å²) in [6, 6.07) is 9.58. The molecule has 5 nitrogen and oxygen atoms in total. The summed E-state index contributed by atoms with van der Waals surface area (Å²) in [4.78, 5) is 16.5. The Balaban J connectivity index is 2.05. The molecule has 1 aromatic heterocycles. The van der Waals surface area contributed by atoms with Gasteiger partial charge in [-0.1, -0.05) is 43.3 Å². The molecule has 0 radical (unpaired) electrons. The maximum Gasteiger partial charge on any atom is 0.231 e. The van der Waals surface area contributed by atoms with Crippen LogP contribution in [0.25, 0.3) is 5.69 Å². The van der Waals surface area contributed by atoms with Gasteiger partial charge in [0.15, 0.2) is 5.16 Å². The maximum absolute atomic E-state index is 12.2. The highest BCUT2D eigenvalue weighted by Crippen LogP contribution is 2.23. The molecule has 2 rings (SSSR count). The molecule has 1 N–H and O–H groups in total. The van der Waals surface area contributed by atoms with Crippen LogP contribution in [-0.4, -0.2) is 26.8 Å².